The molecule has 23 heavy (non-hydrogen) atoms. The summed E-state index contributed by atoms with van der Waals surface area (Å²) >= 11 is 0. The largest absolute Gasteiger partial charge is 0.475 e. The number of hydrogen-bond donors (Lipinski definition) is 0. The van der Waals surface area contributed by atoms with Crippen LogP contribution in [0.2, 0.25) is 0 Å². The summed E-state index contributed by atoms with van der Waals surface area (Å²) in [6.45, 7) is 4.44. The van der Waals surface area contributed by atoms with E-state index in [4.69, 9.17) is 4.74 Å². The van der Waals surface area contributed by atoms with Crippen LogP contribution in [0.5, 0.6) is 0 Å². The zero-order valence-corrected chi connectivity index (χ0v) is 12.8. The van der Waals surface area contributed by atoms with Crippen molar-refractivity contribution in [2.45, 2.75) is 25.6 Å². The van der Waals surface area contributed by atoms with Crippen molar-refractivity contribution >= 4 is 5.90 Å². The Morgan fingerprint density at radius 2 is 1.57 bits per heavy atom. The van der Waals surface area contributed by atoms with Gasteiger partial charge in [0, 0.05) is 5.56 Å². The number of alkyl halides is 3. The van der Waals surface area contributed by atoms with Gasteiger partial charge in [0.1, 0.15) is 6.61 Å². The zero-order chi connectivity index (χ0) is 16.7. The molecule has 5 heteroatoms. The summed E-state index contributed by atoms with van der Waals surface area (Å²) in [6.07, 6.45) is -4.33. The molecule has 2 aromatic carbocycles. The first-order valence-electron chi connectivity index (χ1n) is 7.26. The van der Waals surface area contributed by atoms with Crippen molar-refractivity contribution < 1.29 is 17.9 Å². The van der Waals surface area contributed by atoms with Crippen LogP contribution in [0.3, 0.4) is 0 Å². The van der Waals surface area contributed by atoms with Crippen LogP contribution in [-0.2, 0) is 10.9 Å². The van der Waals surface area contributed by atoms with Gasteiger partial charge in [0.15, 0.2) is 0 Å². The molecule has 0 saturated heterocycles. The minimum Gasteiger partial charge on any atom is -0.475 e. The normalized spacial score (nSPS) is 16.8. The van der Waals surface area contributed by atoms with Crippen molar-refractivity contribution in [3.8, 4) is 11.1 Å². The molecular weight excluding hydrogens is 303 g/mol. The Morgan fingerprint density at radius 3 is 2.09 bits per heavy atom. The Labute approximate surface area is 132 Å². The van der Waals surface area contributed by atoms with Crippen molar-refractivity contribution in [1.82, 2.24) is 0 Å². The molecule has 1 aliphatic rings. The van der Waals surface area contributed by atoms with Gasteiger partial charge < -0.3 is 4.74 Å². The maximum absolute atomic E-state index is 12.7. The molecule has 2 nitrogen and oxygen atoms in total. The van der Waals surface area contributed by atoms with Gasteiger partial charge in [0.05, 0.1) is 11.1 Å². The van der Waals surface area contributed by atoms with E-state index in [2.05, 4.69) is 4.99 Å². The van der Waals surface area contributed by atoms with Crippen LogP contribution in [0.25, 0.3) is 11.1 Å². The summed E-state index contributed by atoms with van der Waals surface area (Å²) in [5.74, 6) is 0.533. The monoisotopic (exact) mass is 319 g/mol. The van der Waals surface area contributed by atoms with Crippen molar-refractivity contribution in [2.75, 3.05) is 6.61 Å². The lowest BCUT2D eigenvalue weighted by Gasteiger charge is -2.11. The van der Waals surface area contributed by atoms with Crippen LogP contribution in [-0.4, -0.2) is 18.0 Å². The molecule has 0 N–H and O–H groups in total. The van der Waals surface area contributed by atoms with Crippen LogP contribution >= 0.6 is 0 Å². The van der Waals surface area contributed by atoms with Crippen molar-refractivity contribution in [2.24, 2.45) is 4.99 Å². The molecule has 0 fully saturated rings. The summed E-state index contributed by atoms with van der Waals surface area (Å²) < 4.78 is 43.7. The van der Waals surface area contributed by atoms with Gasteiger partial charge in [-0.05, 0) is 43.2 Å². The molecule has 1 aliphatic heterocycles. The van der Waals surface area contributed by atoms with Crippen molar-refractivity contribution in [3.05, 3.63) is 59.7 Å². The molecular formula is C18H16F3NO. The third-order valence-corrected chi connectivity index (χ3v) is 3.65. The van der Waals surface area contributed by atoms with Crippen LogP contribution in [0, 0.1) is 0 Å². The van der Waals surface area contributed by atoms with Crippen molar-refractivity contribution in [3.63, 3.8) is 0 Å². The van der Waals surface area contributed by atoms with Gasteiger partial charge in [-0.25, -0.2) is 4.99 Å². The Bertz CT molecular complexity index is 746. The lowest BCUT2D eigenvalue weighted by Crippen LogP contribution is -2.17. The van der Waals surface area contributed by atoms with Gasteiger partial charge in [-0.15, -0.1) is 0 Å². The SMILES string of the molecule is CC1(C)COC(c2ccccc2-c2ccc(C(F)(F)F)cc2)=N1. The highest BCUT2D eigenvalue weighted by molar-refractivity contribution is 6.01. The van der Waals surface area contributed by atoms with E-state index < -0.39 is 11.7 Å². The van der Waals surface area contributed by atoms with Gasteiger partial charge in [-0.1, -0.05) is 30.3 Å². The van der Waals surface area contributed by atoms with Crippen molar-refractivity contribution in [1.29, 1.82) is 0 Å². The number of hydrogen-bond acceptors (Lipinski definition) is 2. The Kier molecular flexibility index (Phi) is 3.66. The first-order valence-corrected chi connectivity index (χ1v) is 7.26. The van der Waals surface area contributed by atoms with E-state index in [9.17, 15) is 13.2 Å². The van der Waals surface area contributed by atoms with E-state index >= 15 is 0 Å². The fourth-order valence-electron chi connectivity index (χ4n) is 2.48. The highest BCUT2D eigenvalue weighted by Crippen LogP contribution is 2.33. The standard InChI is InChI=1S/C18H16F3NO/c1-17(2)11-23-16(22-17)15-6-4-3-5-14(15)12-7-9-13(10-8-12)18(19,20)21/h3-10H,11H2,1-2H3. The average molecular weight is 319 g/mol. The quantitative estimate of drug-likeness (QED) is 0.769. The third kappa shape index (κ3) is 3.23. The topological polar surface area (TPSA) is 21.6 Å². The molecule has 120 valence electrons. The predicted octanol–water partition coefficient (Wildman–Crippen LogP) is 4.93. The van der Waals surface area contributed by atoms with E-state index in [1.165, 1.54) is 12.1 Å². The van der Waals surface area contributed by atoms with E-state index in [1.807, 2.05) is 38.1 Å². The smallest absolute Gasteiger partial charge is 0.416 e. The summed E-state index contributed by atoms with van der Waals surface area (Å²) in [7, 11) is 0. The second-order valence-electron chi connectivity index (χ2n) is 6.14. The minimum absolute atomic E-state index is 0.289. The molecule has 0 spiro atoms. The third-order valence-electron chi connectivity index (χ3n) is 3.65. The number of nitrogens with zero attached hydrogens (tertiary/aromatic N) is 1. The number of rotatable bonds is 2. The highest BCUT2D eigenvalue weighted by Gasteiger charge is 2.31. The fourth-order valence-corrected chi connectivity index (χ4v) is 2.48. The van der Waals surface area contributed by atoms with E-state index in [1.54, 1.807) is 0 Å². The Morgan fingerprint density at radius 1 is 0.957 bits per heavy atom. The molecule has 3 rings (SSSR count). The molecule has 0 saturated carbocycles. The van der Waals surface area contributed by atoms with Gasteiger partial charge in [0.25, 0.3) is 0 Å². The fraction of sp³-hybridized carbons (Fsp3) is 0.278. The van der Waals surface area contributed by atoms with Crippen LogP contribution in [0.15, 0.2) is 53.5 Å². The molecule has 2 aromatic rings. The number of halogens is 3. The predicted molar refractivity (Wildman–Crippen MR) is 83.4 cm³/mol. The second kappa shape index (κ2) is 5.41. The summed E-state index contributed by atoms with van der Waals surface area (Å²) in [5, 5.41) is 0. The molecule has 0 bridgehead atoms. The maximum Gasteiger partial charge on any atom is 0.416 e. The first kappa shape index (κ1) is 15.6. The van der Waals surface area contributed by atoms with E-state index in [-0.39, 0.29) is 5.54 Å². The second-order valence-corrected chi connectivity index (χ2v) is 6.14. The van der Waals surface area contributed by atoms with Crippen LogP contribution in [0.1, 0.15) is 25.0 Å². The summed E-state index contributed by atoms with van der Waals surface area (Å²) in [4.78, 5) is 4.55. The zero-order valence-electron chi connectivity index (χ0n) is 12.8. The van der Waals surface area contributed by atoms with E-state index in [0.29, 0.717) is 18.1 Å². The van der Waals surface area contributed by atoms with E-state index in [0.717, 1.165) is 23.3 Å². The lowest BCUT2D eigenvalue weighted by atomic mass is 9.98. The molecule has 1 heterocycles. The lowest BCUT2D eigenvalue weighted by molar-refractivity contribution is -0.137. The highest BCUT2D eigenvalue weighted by atomic mass is 19.4. The van der Waals surface area contributed by atoms with Gasteiger partial charge in [-0.2, -0.15) is 13.2 Å². The average Bonchev–Trinajstić information content (AvgIpc) is 2.87. The number of aliphatic imine (C=N–C) groups is 1. The molecule has 0 aliphatic carbocycles. The number of ether oxygens (including phenoxy) is 1. The molecule has 0 atom stereocenters. The minimum atomic E-state index is -4.33. The van der Waals surface area contributed by atoms with Gasteiger partial charge in [0.2, 0.25) is 5.90 Å². The molecule has 0 aromatic heterocycles. The van der Waals surface area contributed by atoms with Gasteiger partial charge in [-0.3, -0.25) is 0 Å². The first-order chi connectivity index (χ1) is 10.8. The summed E-state index contributed by atoms with van der Waals surface area (Å²) in [6, 6.07) is 12.6. The molecule has 0 unspecified atom stereocenters. The number of benzene rings is 2. The van der Waals surface area contributed by atoms with Crippen LogP contribution in [0.4, 0.5) is 13.2 Å². The Hall–Kier alpha value is -2.30. The maximum atomic E-state index is 12.7. The van der Waals surface area contributed by atoms with Gasteiger partial charge >= 0.3 is 6.18 Å². The molecule has 0 radical (unpaired) electrons. The van der Waals surface area contributed by atoms with Crippen LogP contribution < -0.4 is 0 Å². The molecule has 0 amide bonds. The Balaban J connectivity index is 2.02. The summed E-state index contributed by atoms with van der Waals surface area (Å²) in [5.41, 5.74) is 1.34.